The van der Waals surface area contributed by atoms with Crippen molar-refractivity contribution in [3.8, 4) is 11.8 Å². The molecule has 0 radical (unpaired) electrons. The molecule has 2 aliphatic rings. The third-order valence-corrected chi connectivity index (χ3v) is 2.97. The van der Waals surface area contributed by atoms with E-state index in [-0.39, 0.29) is 24.2 Å². The lowest BCUT2D eigenvalue weighted by Crippen LogP contribution is -2.37. The molecule has 2 rings (SSSR count). The van der Waals surface area contributed by atoms with Crippen LogP contribution in [0.25, 0.3) is 0 Å². The average molecular weight is 275 g/mol. The Balaban J connectivity index is 2.10. The van der Waals surface area contributed by atoms with Gasteiger partial charge in [0.1, 0.15) is 18.3 Å². The number of hydrogen-bond donors (Lipinski definition) is 0. The minimum Gasteiger partial charge on any atom is -0.348 e. The summed E-state index contributed by atoms with van der Waals surface area (Å²) in [5.41, 5.74) is 0. The van der Waals surface area contributed by atoms with E-state index < -0.39 is 11.6 Å². The van der Waals surface area contributed by atoms with Crippen LogP contribution in [0.15, 0.2) is 0 Å². The molecular formula is C13H19ClO4. The summed E-state index contributed by atoms with van der Waals surface area (Å²) in [7, 11) is 0. The summed E-state index contributed by atoms with van der Waals surface area (Å²) in [5, 5.41) is 0. The van der Waals surface area contributed by atoms with E-state index in [1.54, 1.807) is 0 Å². The van der Waals surface area contributed by atoms with Crippen molar-refractivity contribution in [1.82, 2.24) is 0 Å². The Kier molecular flexibility index (Phi) is 3.91. The maximum Gasteiger partial charge on any atom is 0.165 e. The molecule has 0 bridgehead atoms. The van der Waals surface area contributed by atoms with Crippen LogP contribution in [0, 0.1) is 11.8 Å². The van der Waals surface area contributed by atoms with Crippen molar-refractivity contribution in [2.24, 2.45) is 0 Å². The highest BCUT2D eigenvalue weighted by Crippen LogP contribution is 2.35. The molecule has 0 aromatic heterocycles. The number of alkyl halides is 1. The average Bonchev–Trinajstić information content (AvgIpc) is 2.75. The SMILES string of the molecule is CC1(C)O[C@@H]([C@H]2COC(C)(C)O2)[C@@H](C#CCCl)O1. The molecular weight excluding hydrogens is 256 g/mol. The Morgan fingerprint density at radius 3 is 2.39 bits per heavy atom. The first-order valence-corrected chi connectivity index (χ1v) is 6.58. The number of ether oxygens (including phenoxy) is 4. The van der Waals surface area contributed by atoms with Crippen LogP contribution in [-0.2, 0) is 18.9 Å². The van der Waals surface area contributed by atoms with E-state index in [9.17, 15) is 0 Å². The third kappa shape index (κ3) is 3.17. The Bertz CT molecular complexity index is 369. The van der Waals surface area contributed by atoms with Crippen molar-refractivity contribution in [2.75, 3.05) is 12.5 Å². The largest absolute Gasteiger partial charge is 0.348 e. The monoisotopic (exact) mass is 274 g/mol. The lowest BCUT2D eigenvalue weighted by atomic mass is 10.1. The second-order valence-electron chi connectivity index (χ2n) is 5.34. The molecule has 5 heteroatoms. The summed E-state index contributed by atoms with van der Waals surface area (Å²) in [6.45, 7) is 7.98. The molecule has 0 aromatic carbocycles. The fourth-order valence-corrected chi connectivity index (χ4v) is 2.27. The summed E-state index contributed by atoms with van der Waals surface area (Å²) in [5.74, 6) is 4.83. The molecule has 4 nitrogen and oxygen atoms in total. The molecule has 2 aliphatic heterocycles. The molecule has 2 saturated heterocycles. The predicted molar refractivity (Wildman–Crippen MR) is 67.2 cm³/mol. The van der Waals surface area contributed by atoms with Gasteiger partial charge in [0.2, 0.25) is 0 Å². The van der Waals surface area contributed by atoms with Crippen molar-refractivity contribution in [3.63, 3.8) is 0 Å². The first-order chi connectivity index (χ1) is 8.33. The first-order valence-electron chi connectivity index (χ1n) is 6.05. The zero-order valence-corrected chi connectivity index (χ0v) is 11.9. The molecule has 0 aromatic rings. The number of hydrogen-bond acceptors (Lipinski definition) is 4. The van der Waals surface area contributed by atoms with Gasteiger partial charge in [-0.2, -0.15) is 0 Å². The predicted octanol–water partition coefficient (Wildman–Crippen LogP) is 1.90. The Hall–Kier alpha value is -0.310. The van der Waals surface area contributed by atoms with Gasteiger partial charge in [-0.15, -0.1) is 11.6 Å². The topological polar surface area (TPSA) is 36.9 Å². The second-order valence-corrected chi connectivity index (χ2v) is 5.61. The van der Waals surface area contributed by atoms with Crippen LogP contribution in [0.4, 0.5) is 0 Å². The van der Waals surface area contributed by atoms with Crippen LogP contribution in [0.1, 0.15) is 27.7 Å². The highest BCUT2D eigenvalue weighted by Gasteiger charge is 2.49. The van der Waals surface area contributed by atoms with Gasteiger partial charge >= 0.3 is 0 Å². The Morgan fingerprint density at radius 2 is 1.83 bits per heavy atom. The smallest absolute Gasteiger partial charge is 0.165 e. The van der Waals surface area contributed by atoms with Crippen molar-refractivity contribution in [3.05, 3.63) is 0 Å². The van der Waals surface area contributed by atoms with Crippen molar-refractivity contribution in [1.29, 1.82) is 0 Å². The summed E-state index contributed by atoms with van der Waals surface area (Å²) in [6.07, 6.45) is -0.754. The van der Waals surface area contributed by atoms with Gasteiger partial charge in [0, 0.05) is 0 Å². The van der Waals surface area contributed by atoms with Crippen LogP contribution in [0.2, 0.25) is 0 Å². The minimum absolute atomic E-state index is 0.170. The number of rotatable bonds is 1. The Morgan fingerprint density at radius 1 is 1.11 bits per heavy atom. The molecule has 0 amide bonds. The van der Waals surface area contributed by atoms with Gasteiger partial charge in [-0.3, -0.25) is 0 Å². The van der Waals surface area contributed by atoms with Gasteiger partial charge in [0.05, 0.1) is 12.5 Å². The highest BCUT2D eigenvalue weighted by molar-refractivity contribution is 6.19. The summed E-state index contributed by atoms with van der Waals surface area (Å²) < 4.78 is 23.0. The van der Waals surface area contributed by atoms with Crippen LogP contribution >= 0.6 is 11.6 Å². The normalized spacial score (nSPS) is 37.3. The van der Waals surface area contributed by atoms with Crippen molar-refractivity contribution >= 4 is 11.6 Å². The van der Waals surface area contributed by atoms with Gasteiger partial charge < -0.3 is 18.9 Å². The zero-order chi connectivity index (χ0) is 13.4. The molecule has 2 fully saturated rings. The number of halogens is 1. The maximum atomic E-state index is 5.86. The minimum atomic E-state index is -0.660. The molecule has 0 unspecified atom stereocenters. The van der Waals surface area contributed by atoms with E-state index in [1.807, 2.05) is 27.7 Å². The summed E-state index contributed by atoms with van der Waals surface area (Å²) in [4.78, 5) is 0. The van der Waals surface area contributed by atoms with E-state index >= 15 is 0 Å². The molecule has 0 N–H and O–H groups in total. The van der Waals surface area contributed by atoms with Gasteiger partial charge in [0.25, 0.3) is 0 Å². The lowest BCUT2D eigenvalue weighted by molar-refractivity contribution is -0.174. The molecule has 18 heavy (non-hydrogen) atoms. The Labute approximate surface area is 113 Å². The zero-order valence-electron chi connectivity index (χ0n) is 11.2. The van der Waals surface area contributed by atoms with E-state index in [2.05, 4.69) is 11.8 Å². The highest BCUT2D eigenvalue weighted by atomic mass is 35.5. The van der Waals surface area contributed by atoms with Gasteiger partial charge in [0.15, 0.2) is 11.6 Å². The first kappa shape index (κ1) is 14.1. The van der Waals surface area contributed by atoms with E-state index in [1.165, 1.54) is 0 Å². The molecule has 3 atom stereocenters. The van der Waals surface area contributed by atoms with Gasteiger partial charge in [-0.05, 0) is 27.7 Å². The van der Waals surface area contributed by atoms with Crippen LogP contribution in [0.3, 0.4) is 0 Å². The van der Waals surface area contributed by atoms with Gasteiger partial charge in [-0.25, -0.2) is 0 Å². The van der Waals surface area contributed by atoms with E-state index in [0.717, 1.165) is 0 Å². The van der Waals surface area contributed by atoms with Crippen LogP contribution in [-0.4, -0.2) is 42.4 Å². The maximum absolute atomic E-state index is 5.86. The quantitative estimate of drug-likeness (QED) is 0.541. The van der Waals surface area contributed by atoms with Crippen molar-refractivity contribution < 1.29 is 18.9 Å². The fourth-order valence-electron chi connectivity index (χ4n) is 2.19. The second kappa shape index (κ2) is 4.99. The summed E-state index contributed by atoms with van der Waals surface area (Å²) >= 11 is 5.58. The van der Waals surface area contributed by atoms with Crippen LogP contribution in [0.5, 0.6) is 0 Å². The summed E-state index contributed by atoms with van der Waals surface area (Å²) in [6, 6.07) is 0. The standard InChI is InChI=1S/C13H19ClO4/c1-12(2)15-8-10(17-12)11-9(6-5-7-14)16-13(3,4)18-11/h9-11H,7-8H2,1-4H3/t9-,10-,11-/m1/s1. The van der Waals surface area contributed by atoms with Crippen LogP contribution < -0.4 is 0 Å². The molecule has 102 valence electrons. The third-order valence-electron chi connectivity index (χ3n) is 2.84. The lowest BCUT2D eigenvalue weighted by Gasteiger charge is -2.22. The fraction of sp³-hybridized carbons (Fsp3) is 0.846. The van der Waals surface area contributed by atoms with E-state index in [4.69, 9.17) is 30.5 Å². The molecule has 0 saturated carbocycles. The van der Waals surface area contributed by atoms with Gasteiger partial charge in [-0.1, -0.05) is 11.8 Å². The van der Waals surface area contributed by atoms with Crippen molar-refractivity contribution in [2.45, 2.75) is 57.6 Å². The molecule has 2 heterocycles. The molecule has 0 spiro atoms. The molecule has 0 aliphatic carbocycles. The van der Waals surface area contributed by atoms with E-state index in [0.29, 0.717) is 6.61 Å².